The molecule has 0 aromatic carbocycles. The van der Waals surface area contributed by atoms with Crippen LogP contribution in [-0.4, -0.2) is 90.0 Å². The van der Waals surface area contributed by atoms with Crippen LogP contribution in [0, 0.1) is 0 Å². The third-order valence-electron chi connectivity index (χ3n) is 6.04. The van der Waals surface area contributed by atoms with Gasteiger partial charge in [-0.05, 0) is 38.9 Å². The van der Waals surface area contributed by atoms with Crippen LogP contribution in [0.25, 0.3) is 11.0 Å². The third kappa shape index (κ3) is 4.42. The second-order valence-corrected chi connectivity index (χ2v) is 10.3. The lowest BCUT2D eigenvalue weighted by atomic mass is 10.1. The normalized spacial score (nSPS) is 29.7. The number of alkyl halides is 2. The number of aromatic nitrogens is 3. The van der Waals surface area contributed by atoms with Crippen LogP contribution in [0.3, 0.4) is 0 Å². The number of nitrogens with one attached hydrogen (secondary N) is 1. The number of fused-ring (bicyclic) bond motifs is 1. The second-order valence-electron chi connectivity index (χ2n) is 8.36. The van der Waals surface area contributed by atoms with E-state index in [-0.39, 0.29) is 25.1 Å². The van der Waals surface area contributed by atoms with Gasteiger partial charge in [0.05, 0.1) is 18.3 Å². The number of halogens is 2. The van der Waals surface area contributed by atoms with Gasteiger partial charge < -0.3 is 14.8 Å². The minimum atomic E-state index is -3.41. The molecule has 0 spiro atoms. The largest absolute Gasteiger partial charge is 0.348 e. The van der Waals surface area contributed by atoms with E-state index in [1.807, 2.05) is 28.8 Å². The van der Waals surface area contributed by atoms with Crippen LogP contribution in [0.15, 0.2) is 18.5 Å². The highest BCUT2D eigenvalue weighted by Crippen LogP contribution is 2.29. The maximum absolute atomic E-state index is 14.9. The SMILES string of the molecule is CN1CCC[C@@H](n2ccc3cnc(N[C@@H]4CCN(S(C)(=O)=O)C[C@H]4F)nc32)[C@@H](F)C1. The molecule has 0 unspecified atom stereocenters. The highest BCUT2D eigenvalue weighted by Gasteiger charge is 2.34. The first-order valence-electron chi connectivity index (χ1n) is 10.2. The van der Waals surface area contributed by atoms with E-state index >= 15 is 0 Å². The molecule has 4 atom stereocenters. The van der Waals surface area contributed by atoms with E-state index in [0.29, 0.717) is 18.6 Å². The zero-order valence-corrected chi connectivity index (χ0v) is 18.0. The molecule has 2 fully saturated rings. The Morgan fingerprint density at radius 1 is 1.17 bits per heavy atom. The van der Waals surface area contributed by atoms with Gasteiger partial charge in [-0.2, -0.15) is 9.29 Å². The summed E-state index contributed by atoms with van der Waals surface area (Å²) in [5, 5.41) is 3.81. The zero-order valence-electron chi connectivity index (χ0n) is 17.2. The molecule has 0 aliphatic carbocycles. The van der Waals surface area contributed by atoms with Crippen LogP contribution < -0.4 is 5.32 Å². The summed E-state index contributed by atoms with van der Waals surface area (Å²) >= 11 is 0. The first kappa shape index (κ1) is 21.4. The summed E-state index contributed by atoms with van der Waals surface area (Å²) < 4.78 is 55.8. The number of likely N-dealkylation sites (tertiary alicyclic amines) is 1. The van der Waals surface area contributed by atoms with Crippen LogP contribution in [0.2, 0.25) is 0 Å². The molecule has 0 radical (unpaired) electrons. The minimum absolute atomic E-state index is 0.186. The lowest BCUT2D eigenvalue weighted by Crippen LogP contribution is -2.49. The van der Waals surface area contributed by atoms with Gasteiger partial charge >= 0.3 is 0 Å². The molecule has 0 amide bonds. The van der Waals surface area contributed by atoms with E-state index in [1.54, 1.807) is 6.20 Å². The van der Waals surface area contributed by atoms with Crippen molar-refractivity contribution in [3.05, 3.63) is 18.5 Å². The topological polar surface area (TPSA) is 83.4 Å². The molecule has 2 aromatic heterocycles. The first-order valence-corrected chi connectivity index (χ1v) is 12.1. The Balaban J connectivity index is 1.53. The molecule has 2 aliphatic heterocycles. The standard InChI is InChI=1S/C19H28F2N6O2S/c1-25-7-3-4-17(15(21)11-25)27-9-5-13-10-22-19(24-18(13)27)23-16-6-8-26(12-14(16)20)30(2,28)29/h5,9-10,14-17H,3-4,6-8,11-12H2,1-2H3,(H,22,23,24)/t14-,15+,16-,17-/m1/s1. The van der Waals surface area contributed by atoms with Crippen LogP contribution in [-0.2, 0) is 10.0 Å². The summed E-state index contributed by atoms with van der Waals surface area (Å²) in [5.41, 5.74) is 0.619. The number of nitrogens with zero attached hydrogens (tertiary/aromatic N) is 5. The number of hydrogen-bond acceptors (Lipinski definition) is 6. The monoisotopic (exact) mass is 442 g/mol. The summed E-state index contributed by atoms with van der Waals surface area (Å²) in [5.74, 6) is 0.268. The lowest BCUT2D eigenvalue weighted by molar-refractivity contribution is 0.186. The number of rotatable bonds is 4. The van der Waals surface area contributed by atoms with Gasteiger partial charge in [-0.3, -0.25) is 0 Å². The Labute approximate surface area is 175 Å². The Hall–Kier alpha value is -1.85. The van der Waals surface area contributed by atoms with Crippen molar-refractivity contribution >= 4 is 27.0 Å². The number of sulfonamides is 1. The van der Waals surface area contributed by atoms with E-state index in [0.717, 1.165) is 35.3 Å². The molecule has 4 heterocycles. The smallest absolute Gasteiger partial charge is 0.224 e. The molecule has 1 N–H and O–H groups in total. The summed E-state index contributed by atoms with van der Waals surface area (Å²) in [6, 6.07) is 0.981. The molecule has 2 saturated heterocycles. The van der Waals surface area contributed by atoms with Crippen molar-refractivity contribution in [3.8, 4) is 0 Å². The Morgan fingerprint density at radius 2 is 1.97 bits per heavy atom. The van der Waals surface area contributed by atoms with E-state index in [1.165, 1.54) is 0 Å². The van der Waals surface area contributed by atoms with Crippen LogP contribution >= 0.6 is 0 Å². The predicted molar refractivity (Wildman–Crippen MR) is 112 cm³/mol. The summed E-state index contributed by atoms with van der Waals surface area (Å²) in [4.78, 5) is 10.8. The van der Waals surface area contributed by atoms with Crippen molar-refractivity contribution in [2.75, 3.05) is 44.8 Å². The molecule has 166 valence electrons. The van der Waals surface area contributed by atoms with Gasteiger partial charge in [-0.15, -0.1) is 0 Å². The predicted octanol–water partition coefficient (Wildman–Crippen LogP) is 1.82. The highest BCUT2D eigenvalue weighted by atomic mass is 32.2. The zero-order chi connectivity index (χ0) is 21.5. The highest BCUT2D eigenvalue weighted by molar-refractivity contribution is 7.88. The van der Waals surface area contributed by atoms with Crippen molar-refractivity contribution < 1.29 is 17.2 Å². The van der Waals surface area contributed by atoms with Gasteiger partial charge in [0.25, 0.3) is 0 Å². The van der Waals surface area contributed by atoms with Crippen LogP contribution in [0.4, 0.5) is 14.7 Å². The molecule has 30 heavy (non-hydrogen) atoms. The maximum atomic E-state index is 14.9. The molecule has 4 rings (SSSR count). The number of anilines is 1. The lowest BCUT2D eigenvalue weighted by Gasteiger charge is -2.33. The third-order valence-corrected chi connectivity index (χ3v) is 7.31. The fourth-order valence-electron chi connectivity index (χ4n) is 4.36. The molecule has 2 aromatic rings. The van der Waals surface area contributed by atoms with E-state index < -0.39 is 28.4 Å². The van der Waals surface area contributed by atoms with E-state index in [4.69, 9.17) is 0 Å². The van der Waals surface area contributed by atoms with Gasteiger partial charge in [0.2, 0.25) is 16.0 Å². The van der Waals surface area contributed by atoms with Gasteiger partial charge in [0, 0.05) is 37.4 Å². The van der Waals surface area contributed by atoms with Crippen LogP contribution in [0.1, 0.15) is 25.3 Å². The van der Waals surface area contributed by atoms with Gasteiger partial charge in [0.1, 0.15) is 18.0 Å². The fraction of sp³-hybridized carbons (Fsp3) is 0.684. The van der Waals surface area contributed by atoms with E-state index in [2.05, 4.69) is 15.3 Å². The molecule has 0 bridgehead atoms. The Kier molecular flexibility index (Phi) is 5.95. The molecule has 2 aliphatic rings. The summed E-state index contributed by atoms with van der Waals surface area (Å²) in [7, 11) is -1.49. The van der Waals surface area contributed by atoms with Crippen molar-refractivity contribution in [3.63, 3.8) is 0 Å². The van der Waals surface area contributed by atoms with Gasteiger partial charge in [-0.25, -0.2) is 22.2 Å². The maximum Gasteiger partial charge on any atom is 0.224 e. The van der Waals surface area contributed by atoms with Crippen molar-refractivity contribution in [1.29, 1.82) is 0 Å². The van der Waals surface area contributed by atoms with Gasteiger partial charge in [0.15, 0.2) is 0 Å². The van der Waals surface area contributed by atoms with Crippen molar-refractivity contribution in [2.24, 2.45) is 0 Å². The quantitative estimate of drug-likeness (QED) is 0.778. The summed E-state index contributed by atoms with van der Waals surface area (Å²) in [6.45, 7) is 1.30. The average molecular weight is 443 g/mol. The fourth-order valence-corrected chi connectivity index (χ4v) is 5.21. The molecular weight excluding hydrogens is 414 g/mol. The van der Waals surface area contributed by atoms with Crippen molar-refractivity contribution in [2.45, 2.75) is 43.7 Å². The molecule has 11 heteroatoms. The number of hydrogen-bond donors (Lipinski definition) is 1. The van der Waals surface area contributed by atoms with Crippen LogP contribution in [0.5, 0.6) is 0 Å². The molecule has 8 nitrogen and oxygen atoms in total. The number of piperidine rings is 1. The molecule has 0 saturated carbocycles. The Bertz CT molecular complexity index is 1000. The second kappa shape index (κ2) is 8.35. The molecular formula is C19H28F2N6O2S. The Morgan fingerprint density at radius 3 is 2.70 bits per heavy atom. The van der Waals surface area contributed by atoms with E-state index in [9.17, 15) is 17.2 Å². The minimum Gasteiger partial charge on any atom is -0.348 e. The summed E-state index contributed by atoms with van der Waals surface area (Å²) in [6.07, 6.45) is 4.14. The average Bonchev–Trinajstić information content (AvgIpc) is 3.00. The first-order chi connectivity index (χ1) is 14.2. The van der Waals surface area contributed by atoms with Crippen molar-refractivity contribution in [1.82, 2.24) is 23.7 Å². The van der Waals surface area contributed by atoms with Gasteiger partial charge in [-0.1, -0.05) is 0 Å².